The van der Waals surface area contributed by atoms with Crippen LogP contribution in [-0.2, 0) is 4.79 Å². The van der Waals surface area contributed by atoms with Crippen LogP contribution in [0.3, 0.4) is 0 Å². The van der Waals surface area contributed by atoms with Crippen molar-refractivity contribution in [2.45, 2.75) is 33.6 Å². The number of carboxylic acid groups (broad SMARTS) is 2. The summed E-state index contributed by atoms with van der Waals surface area (Å²) in [7, 11) is 0. The first kappa shape index (κ1) is 15.7. The molecule has 0 bridgehead atoms. The normalized spacial score (nSPS) is 10.2. The van der Waals surface area contributed by atoms with Gasteiger partial charge in [-0.3, -0.25) is 4.79 Å². The standard InChI is InChI=1S/C14H17NO5/c1-4-5-11(16)15-10-6-9(13(17)18)7(2)12(8(10)3)14(19)20/h6H,4-5H2,1-3H3,(H,15,16)(H,17,18)(H,19,20). The van der Waals surface area contributed by atoms with Crippen LogP contribution in [0.4, 0.5) is 5.69 Å². The van der Waals surface area contributed by atoms with Gasteiger partial charge in [0.25, 0.3) is 0 Å². The molecule has 1 rings (SSSR count). The minimum atomic E-state index is -1.23. The Balaban J connectivity index is 3.41. The highest BCUT2D eigenvalue weighted by molar-refractivity contribution is 6.02. The van der Waals surface area contributed by atoms with E-state index in [9.17, 15) is 19.5 Å². The largest absolute Gasteiger partial charge is 0.478 e. The summed E-state index contributed by atoms with van der Waals surface area (Å²) in [5.74, 6) is -2.71. The van der Waals surface area contributed by atoms with E-state index in [2.05, 4.69) is 5.32 Å². The third-order valence-corrected chi connectivity index (χ3v) is 3.04. The Hall–Kier alpha value is -2.37. The number of aromatic carboxylic acids is 2. The number of anilines is 1. The maximum atomic E-state index is 11.6. The first-order valence-electron chi connectivity index (χ1n) is 6.20. The Kier molecular flexibility index (Phi) is 4.85. The smallest absolute Gasteiger partial charge is 0.336 e. The molecule has 0 saturated carbocycles. The van der Waals surface area contributed by atoms with Crippen LogP contribution in [0.5, 0.6) is 0 Å². The summed E-state index contributed by atoms with van der Waals surface area (Å²) in [5, 5.41) is 20.9. The van der Waals surface area contributed by atoms with Crippen molar-refractivity contribution in [1.82, 2.24) is 0 Å². The minimum Gasteiger partial charge on any atom is -0.478 e. The van der Waals surface area contributed by atoms with Gasteiger partial charge < -0.3 is 15.5 Å². The van der Waals surface area contributed by atoms with E-state index in [1.165, 1.54) is 13.0 Å². The number of carbonyl (C=O) groups excluding carboxylic acids is 1. The van der Waals surface area contributed by atoms with Crippen molar-refractivity contribution in [2.24, 2.45) is 0 Å². The van der Waals surface area contributed by atoms with Crippen molar-refractivity contribution in [3.8, 4) is 0 Å². The van der Waals surface area contributed by atoms with Gasteiger partial charge in [-0.15, -0.1) is 0 Å². The molecule has 1 aromatic rings. The van der Waals surface area contributed by atoms with Gasteiger partial charge >= 0.3 is 11.9 Å². The van der Waals surface area contributed by atoms with E-state index in [1.54, 1.807) is 6.92 Å². The summed E-state index contributed by atoms with van der Waals surface area (Å²) in [6.07, 6.45) is 0.937. The Morgan fingerprint density at radius 3 is 2.15 bits per heavy atom. The van der Waals surface area contributed by atoms with Gasteiger partial charge in [0.05, 0.1) is 11.1 Å². The second-order valence-electron chi connectivity index (χ2n) is 4.51. The lowest BCUT2D eigenvalue weighted by molar-refractivity contribution is -0.116. The number of carboxylic acids is 2. The number of rotatable bonds is 5. The SMILES string of the molecule is CCCC(=O)Nc1cc(C(=O)O)c(C)c(C(=O)O)c1C. The number of benzene rings is 1. The highest BCUT2D eigenvalue weighted by atomic mass is 16.4. The molecule has 20 heavy (non-hydrogen) atoms. The Bertz CT molecular complexity index is 577. The van der Waals surface area contributed by atoms with E-state index in [1.807, 2.05) is 6.92 Å². The fraction of sp³-hybridized carbons (Fsp3) is 0.357. The molecular formula is C14H17NO5. The van der Waals surface area contributed by atoms with Crippen molar-refractivity contribution in [2.75, 3.05) is 5.32 Å². The van der Waals surface area contributed by atoms with Crippen LogP contribution >= 0.6 is 0 Å². The lowest BCUT2D eigenvalue weighted by atomic mass is 9.95. The fourth-order valence-electron chi connectivity index (χ4n) is 2.02. The molecule has 108 valence electrons. The predicted octanol–water partition coefficient (Wildman–Crippen LogP) is 2.44. The van der Waals surface area contributed by atoms with Crippen molar-refractivity contribution >= 4 is 23.5 Å². The van der Waals surface area contributed by atoms with Gasteiger partial charge in [0, 0.05) is 12.1 Å². The van der Waals surface area contributed by atoms with Crippen molar-refractivity contribution in [1.29, 1.82) is 0 Å². The molecule has 0 radical (unpaired) electrons. The van der Waals surface area contributed by atoms with Crippen LogP contribution in [0, 0.1) is 13.8 Å². The first-order valence-corrected chi connectivity index (χ1v) is 6.20. The highest BCUT2D eigenvalue weighted by Gasteiger charge is 2.21. The number of amides is 1. The van der Waals surface area contributed by atoms with Crippen LogP contribution in [0.15, 0.2) is 6.07 Å². The molecule has 6 nitrogen and oxygen atoms in total. The second-order valence-corrected chi connectivity index (χ2v) is 4.51. The van der Waals surface area contributed by atoms with E-state index in [0.29, 0.717) is 12.0 Å². The topological polar surface area (TPSA) is 104 Å². The molecular weight excluding hydrogens is 262 g/mol. The van der Waals surface area contributed by atoms with Crippen molar-refractivity contribution in [3.05, 3.63) is 28.3 Å². The average molecular weight is 279 g/mol. The van der Waals surface area contributed by atoms with E-state index in [0.717, 1.165) is 0 Å². The Labute approximate surface area is 116 Å². The van der Waals surface area contributed by atoms with Gasteiger partial charge in [-0.1, -0.05) is 6.92 Å². The van der Waals surface area contributed by atoms with Crippen LogP contribution < -0.4 is 5.32 Å². The summed E-state index contributed by atoms with van der Waals surface area (Å²) in [4.78, 5) is 34.0. The average Bonchev–Trinajstić information content (AvgIpc) is 2.32. The minimum absolute atomic E-state index is 0.0864. The summed E-state index contributed by atoms with van der Waals surface area (Å²) in [6.45, 7) is 4.83. The van der Waals surface area contributed by atoms with Crippen LogP contribution in [0.2, 0.25) is 0 Å². The summed E-state index contributed by atoms with van der Waals surface area (Å²) in [6, 6.07) is 1.30. The molecule has 6 heteroatoms. The zero-order valence-electron chi connectivity index (χ0n) is 11.6. The number of nitrogens with one attached hydrogen (secondary N) is 1. The molecule has 0 spiro atoms. The van der Waals surface area contributed by atoms with E-state index in [-0.39, 0.29) is 34.7 Å². The molecule has 0 fully saturated rings. The molecule has 0 aliphatic rings. The maximum absolute atomic E-state index is 11.6. The number of carbonyl (C=O) groups is 3. The fourth-order valence-corrected chi connectivity index (χ4v) is 2.02. The van der Waals surface area contributed by atoms with Gasteiger partial charge in [-0.05, 0) is 37.5 Å². The maximum Gasteiger partial charge on any atom is 0.336 e. The van der Waals surface area contributed by atoms with Gasteiger partial charge in [0.2, 0.25) is 5.91 Å². The van der Waals surface area contributed by atoms with Gasteiger partial charge in [-0.25, -0.2) is 9.59 Å². The van der Waals surface area contributed by atoms with Crippen LogP contribution in [0.1, 0.15) is 51.6 Å². The molecule has 1 amide bonds. The number of hydrogen-bond acceptors (Lipinski definition) is 3. The van der Waals surface area contributed by atoms with E-state index in [4.69, 9.17) is 5.11 Å². The Morgan fingerprint density at radius 2 is 1.70 bits per heavy atom. The summed E-state index contributed by atoms with van der Waals surface area (Å²) >= 11 is 0. The molecule has 1 aromatic carbocycles. The zero-order chi connectivity index (χ0) is 15.4. The molecule has 0 aliphatic carbocycles. The quantitative estimate of drug-likeness (QED) is 0.768. The molecule has 0 saturated heterocycles. The molecule has 3 N–H and O–H groups in total. The van der Waals surface area contributed by atoms with Crippen molar-refractivity contribution < 1.29 is 24.6 Å². The third kappa shape index (κ3) is 3.14. The molecule has 0 aliphatic heterocycles. The Morgan fingerprint density at radius 1 is 1.10 bits per heavy atom. The molecule has 0 unspecified atom stereocenters. The van der Waals surface area contributed by atoms with Crippen LogP contribution in [0.25, 0.3) is 0 Å². The first-order chi connectivity index (χ1) is 9.29. The van der Waals surface area contributed by atoms with Crippen LogP contribution in [-0.4, -0.2) is 28.1 Å². The van der Waals surface area contributed by atoms with Gasteiger partial charge in [0.1, 0.15) is 0 Å². The number of hydrogen-bond donors (Lipinski definition) is 3. The zero-order valence-corrected chi connectivity index (χ0v) is 11.6. The molecule has 0 atom stereocenters. The van der Waals surface area contributed by atoms with E-state index < -0.39 is 11.9 Å². The predicted molar refractivity (Wildman–Crippen MR) is 73.4 cm³/mol. The summed E-state index contributed by atoms with van der Waals surface area (Å²) in [5.41, 5.74) is 0.542. The highest BCUT2D eigenvalue weighted by Crippen LogP contribution is 2.26. The van der Waals surface area contributed by atoms with Crippen molar-refractivity contribution in [3.63, 3.8) is 0 Å². The molecule has 0 aromatic heterocycles. The monoisotopic (exact) mass is 279 g/mol. The lowest BCUT2D eigenvalue weighted by Crippen LogP contribution is -2.16. The molecule has 0 heterocycles. The van der Waals surface area contributed by atoms with Gasteiger partial charge in [0.15, 0.2) is 0 Å². The summed E-state index contributed by atoms with van der Waals surface area (Å²) < 4.78 is 0. The third-order valence-electron chi connectivity index (χ3n) is 3.04. The van der Waals surface area contributed by atoms with E-state index >= 15 is 0 Å². The lowest BCUT2D eigenvalue weighted by Gasteiger charge is -2.15. The van der Waals surface area contributed by atoms with Gasteiger partial charge in [-0.2, -0.15) is 0 Å². The second kappa shape index (κ2) is 6.18.